The fourth-order valence-electron chi connectivity index (χ4n) is 4.48. The molecule has 0 saturated carbocycles. The maximum absolute atomic E-state index is 11.6. The molecule has 0 bridgehead atoms. The molecule has 1 rings (SSSR count). The Bertz CT molecular complexity index is 566. The molecular weight excluding hydrogens is 470 g/mol. The largest absolute Gasteiger partial charge is 0.460 e. The van der Waals surface area contributed by atoms with E-state index in [-0.39, 0.29) is 6.61 Å². The number of hydrogen-bond acceptors (Lipinski definition) is 10. The molecule has 1 aliphatic heterocycles. The summed E-state index contributed by atoms with van der Waals surface area (Å²) in [6.07, 6.45) is 5.82. The standard InChI is InChI=1S/C26H51NO9/c1-3-4-5-6-7-8-9-10-11-12-13-14-15-20(35-18(2)29)22(30)19(27)17-34-26-25(33)24(32)23(31)21(16-28)36-26/h19-26,28,30-33H,3-17,27H2,1-2H3/t19-,20+,21?,22-,23-,24-,25?,26-/m0/s1. The molecule has 0 aromatic heterocycles. The van der Waals surface area contributed by atoms with Crippen LogP contribution in [0.5, 0.6) is 0 Å². The molecule has 214 valence electrons. The summed E-state index contributed by atoms with van der Waals surface area (Å²) in [5.74, 6) is -0.514. The Kier molecular flexibility index (Phi) is 17.7. The van der Waals surface area contributed by atoms with Crippen LogP contribution < -0.4 is 5.73 Å². The maximum atomic E-state index is 11.6. The summed E-state index contributed by atoms with van der Waals surface area (Å²) < 4.78 is 16.0. The minimum absolute atomic E-state index is 0.264. The topological polar surface area (TPSA) is 172 Å². The first-order valence-corrected chi connectivity index (χ1v) is 13.8. The molecule has 1 aliphatic rings. The zero-order valence-corrected chi connectivity index (χ0v) is 22.2. The van der Waals surface area contributed by atoms with E-state index in [1.165, 1.54) is 64.7 Å². The average molecular weight is 522 g/mol. The number of carbonyl (C=O) groups is 1. The van der Waals surface area contributed by atoms with E-state index in [9.17, 15) is 30.3 Å². The number of aliphatic hydroxyl groups excluding tert-OH is 5. The second-order valence-corrected chi connectivity index (χ2v) is 10.0. The molecule has 8 atom stereocenters. The highest BCUT2D eigenvalue weighted by atomic mass is 16.7. The van der Waals surface area contributed by atoms with Crippen LogP contribution in [0.2, 0.25) is 0 Å². The van der Waals surface area contributed by atoms with Crippen LogP contribution in [0, 0.1) is 0 Å². The van der Waals surface area contributed by atoms with Crippen molar-refractivity contribution in [1.82, 2.24) is 0 Å². The number of unbranched alkanes of at least 4 members (excludes halogenated alkanes) is 11. The van der Waals surface area contributed by atoms with Crippen LogP contribution in [0.4, 0.5) is 0 Å². The van der Waals surface area contributed by atoms with Crippen LogP contribution in [0.25, 0.3) is 0 Å². The van der Waals surface area contributed by atoms with Gasteiger partial charge in [0.15, 0.2) is 6.29 Å². The van der Waals surface area contributed by atoms with Gasteiger partial charge in [0.1, 0.15) is 36.6 Å². The number of esters is 1. The lowest BCUT2D eigenvalue weighted by atomic mass is 9.98. The highest BCUT2D eigenvalue weighted by Crippen LogP contribution is 2.23. The van der Waals surface area contributed by atoms with Crippen LogP contribution in [0.3, 0.4) is 0 Å². The van der Waals surface area contributed by atoms with Gasteiger partial charge < -0.3 is 45.5 Å². The predicted molar refractivity (Wildman–Crippen MR) is 135 cm³/mol. The Hall–Kier alpha value is -0.850. The minimum Gasteiger partial charge on any atom is -0.460 e. The van der Waals surface area contributed by atoms with Crippen molar-refractivity contribution in [3.05, 3.63) is 0 Å². The van der Waals surface area contributed by atoms with Crippen molar-refractivity contribution in [2.45, 2.75) is 146 Å². The smallest absolute Gasteiger partial charge is 0.302 e. The third kappa shape index (κ3) is 12.6. The Morgan fingerprint density at radius 2 is 1.42 bits per heavy atom. The van der Waals surface area contributed by atoms with Gasteiger partial charge in [0.25, 0.3) is 0 Å². The summed E-state index contributed by atoms with van der Waals surface area (Å²) in [7, 11) is 0. The molecule has 0 radical (unpaired) electrons. The molecule has 0 aliphatic carbocycles. The van der Waals surface area contributed by atoms with Crippen molar-refractivity contribution in [1.29, 1.82) is 0 Å². The third-order valence-electron chi connectivity index (χ3n) is 6.78. The molecule has 0 aromatic carbocycles. The molecule has 0 amide bonds. The summed E-state index contributed by atoms with van der Waals surface area (Å²) in [4.78, 5) is 11.6. The van der Waals surface area contributed by atoms with E-state index in [1.807, 2.05) is 0 Å². The average Bonchev–Trinajstić information content (AvgIpc) is 2.86. The SMILES string of the molecule is CCCCCCCCCCCCCC[C@@H](OC(C)=O)[C@@H](O)[C@@H](N)CO[C@H]1OC(CO)[C@H](O)[C@H](O)C1O. The quantitative estimate of drug-likeness (QED) is 0.102. The van der Waals surface area contributed by atoms with Gasteiger partial charge in [-0.2, -0.15) is 0 Å². The van der Waals surface area contributed by atoms with Crippen molar-refractivity contribution >= 4 is 5.97 Å². The van der Waals surface area contributed by atoms with Gasteiger partial charge in [0, 0.05) is 6.92 Å². The van der Waals surface area contributed by atoms with E-state index in [4.69, 9.17) is 19.9 Å². The highest BCUT2D eigenvalue weighted by molar-refractivity contribution is 5.66. The highest BCUT2D eigenvalue weighted by Gasteiger charge is 2.44. The van der Waals surface area contributed by atoms with E-state index >= 15 is 0 Å². The van der Waals surface area contributed by atoms with Crippen LogP contribution >= 0.6 is 0 Å². The number of carbonyl (C=O) groups excluding carboxylic acids is 1. The van der Waals surface area contributed by atoms with E-state index in [0.717, 1.165) is 19.3 Å². The third-order valence-corrected chi connectivity index (χ3v) is 6.78. The Labute approximate surface area is 216 Å². The first kappa shape index (κ1) is 33.2. The molecule has 10 nitrogen and oxygen atoms in total. The van der Waals surface area contributed by atoms with Crippen molar-refractivity contribution in [3.8, 4) is 0 Å². The zero-order chi connectivity index (χ0) is 26.9. The molecule has 0 spiro atoms. The van der Waals surface area contributed by atoms with Crippen molar-refractivity contribution in [3.63, 3.8) is 0 Å². The maximum Gasteiger partial charge on any atom is 0.302 e. The van der Waals surface area contributed by atoms with Crippen LogP contribution in [-0.2, 0) is 19.0 Å². The summed E-state index contributed by atoms with van der Waals surface area (Å²) >= 11 is 0. The van der Waals surface area contributed by atoms with Crippen LogP contribution in [0.15, 0.2) is 0 Å². The molecule has 36 heavy (non-hydrogen) atoms. The fraction of sp³-hybridized carbons (Fsp3) is 0.962. The van der Waals surface area contributed by atoms with E-state index < -0.39 is 61.5 Å². The molecular formula is C26H51NO9. The minimum atomic E-state index is -1.57. The number of rotatable bonds is 20. The van der Waals surface area contributed by atoms with Crippen LogP contribution in [-0.4, -0.2) is 93.7 Å². The van der Waals surface area contributed by atoms with E-state index in [2.05, 4.69) is 6.92 Å². The van der Waals surface area contributed by atoms with E-state index in [0.29, 0.717) is 6.42 Å². The number of hydrogen-bond donors (Lipinski definition) is 6. The molecule has 1 fully saturated rings. The van der Waals surface area contributed by atoms with Crippen molar-refractivity contribution in [2.75, 3.05) is 13.2 Å². The first-order chi connectivity index (χ1) is 17.2. The molecule has 7 N–H and O–H groups in total. The van der Waals surface area contributed by atoms with Crippen molar-refractivity contribution < 1.29 is 44.5 Å². The Balaban J connectivity index is 2.34. The Morgan fingerprint density at radius 3 is 1.92 bits per heavy atom. The number of nitrogens with two attached hydrogens (primary N) is 1. The van der Waals surface area contributed by atoms with Gasteiger partial charge >= 0.3 is 5.97 Å². The molecule has 1 heterocycles. The van der Waals surface area contributed by atoms with Gasteiger partial charge in [-0.1, -0.05) is 77.6 Å². The summed E-state index contributed by atoms with van der Waals surface area (Å²) in [5.41, 5.74) is 6.06. The van der Waals surface area contributed by atoms with Gasteiger partial charge in [0.05, 0.1) is 19.3 Å². The molecule has 10 heteroatoms. The molecule has 0 aromatic rings. The van der Waals surface area contributed by atoms with Gasteiger partial charge in [0.2, 0.25) is 0 Å². The second kappa shape index (κ2) is 19.3. The monoisotopic (exact) mass is 521 g/mol. The fourth-order valence-corrected chi connectivity index (χ4v) is 4.48. The van der Waals surface area contributed by atoms with Gasteiger partial charge in [-0.25, -0.2) is 0 Å². The lowest BCUT2D eigenvalue weighted by Crippen LogP contribution is -2.60. The number of aliphatic hydroxyl groups is 5. The van der Waals surface area contributed by atoms with Gasteiger partial charge in [-0.05, 0) is 12.8 Å². The van der Waals surface area contributed by atoms with Crippen LogP contribution in [0.1, 0.15) is 97.3 Å². The summed E-state index contributed by atoms with van der Waals surface area (Å²) in [6, 6.07) is -0.959. The van der Waals surface area contributed by atoms with Crippen molar-refractivity contribution in [2.24, 2.45) is 5.73 Å². The second-order valence-electron chi connectivity index (χ2n) is 10.0. The lowest BCUT2D eigenvalue weighted by Gasteiger charge is -2.40. The Morgan fingerprint density at radius 1 is 0.889 bits per heavy atom. The van der Waals surface area contributed by atoms with E-state index in [1.54, 1.807) is 0 Å². The van der Waals surface area contributed by atoms with Gasteiger partial charge in [-0.15, -0.1) is 0 Å². The predicted octanol–water partition coefficient (Wildman–Crippen LogP) is 1.51. The molecule has 2 unspecified atom stereocenters. The lowest BCUT2D eigenvalue weighted by molar-refractivity contribution is -0.302. The van der Waals surface area contributed by atoms with Gasteiger partial charge in [-0.3, -0.25) is 4.79 Å². The zero-order valence-electron chi connectivity index (χ0n) is 22.2. The first-order valence-electron chi connectivity index (χ1n) is 13.8. The number of ether oxygens (including phenoxy) is 3. The normalized spacial score (nSPS) is 26.9. The summed E-state index contributed by atoms with van der Waals surface area (Å²) in [5, 5.41) is 49.7. The molecule has 1 saturated heterocycles. The summed E-state index contributed by atoms with van der Waals surface area (Å²) in [6.45, 7) is 2.66.